The highest BCUT2D eigenvalue weighted by molar-refractivity contribution is 5.74. The lowest BCUT2D eigenvalue weighted by Gasteiger charge is -2.44. The van der Waals surface area contributed by atoms with Crippen LogP contribution in [0.3, 0.4) is 0 Å². The van der Waals surface area contributed by atoms with Crippen LogP contribution in [0.4, 0.5) is 0 Å². The van der Waals surface area contributed by atoms with Gasteiger partial charge < -0.3 is 54.7 Å². The first-order chi connectivity index (χ1) is 12.1. The summed E-state index contributed by atoms with van der Waals surface area (Å²) in [6, 6.07) is 0. The van der Waals surface area contributed by atoms with Crippen LogP contribution in [-0.2, 0) is 28.5 Å². The summed E-state index contributed by atoms with van der Waals surface area (Å²) in [4.78, 5) is 22.4. The molecular formula is C13H20O13. The second kappa shape index (κ2) is 8.08. The van der Waals surface area contributed by atoms with E-state index in [9.17, 15) is 40.2 Å². The van der Waals surface area contributed by atoms with Crippen LogP contribution in [0, 0.1) is 0 Å². The Kier molecular flexibility index (Phi) is 6.49. The van der Waals surface area contributed by atoms with Gasteiger partial charge in [0.1, 0.15) is 36.6 Å². The maximum Gasteiger partial charge on any atom is 0.335 e. The molecule has 0 unspecified atom stereocenters. The second-order valence-electron chi connectivity index (χ2n) is 5.82. The van der Waals surface area contributed by atoms with Crippen molar-refractivity contribution in [1.82, 2.24) is 0 Å². The van der Waals surface area contributed by atoms with Gasteiger partial charge in [0.15, 0.2) is 24.8 Å². The van der Waals surface area contributed by atoms with E-state index in [0.29, 0.717) is 0 Å². The molecule has 13 nitrogen and oxygen atoms in total. The number of ether oxygens (including phenoxy) is 4. The van der Waals surface area contributed by atoms with E-state index < -0.39 is 73.4 Å². The fourth-order valence-corrected chi connectivity index (χ4v) is 2.70. The highest BCUT2D eigenvalue weighted by Gasteiger charge is 2.53. The van der Waals surface area contributed by atoms with Gasteiger partial charge in [-0.1, -0.05) is 0 Å². The highest BCUT2D eigenvalue weighted by atomic mass is 16.7. The Labute approximate surface area is 145 Å². The molecule has 7 N–H and O–H groups in total. The van der Waals surface area contributed by atoms with Crippen molar-refractivity contribution in [3.8, 4) is 0 Å². The van der Waals surface area contributed by atoms with Gasteiger partial charge in [0.2, 0.25) is 0 Å². The van der Waals surface area contributed by atoms with Crippen molar-refractivity contribution in [3.63, 3.8) is 0 Å². The normalized spacial score (nSPS) is 46.7. The van der Waals surface area contributed by atoms with Gasteiger partial charge in [0, 0.05) is 7.11 Å². The molecule has 2 aliphatic rings. The first kappa shape index (κ1) is 20.9. The zero-order valence-corrected chi connectivity index (χ0v) is 13.4. The summed E-state index contributed by atoms with van der Waals surface area (Å²) in [6.07, 6.45) is -18.6. The quantitative estimate of drug-likeness (QED) is 0.238. The first-order valence-corrected chi connectivity index (χ1v) is 7.45. The van der Waals surface area contributed by atoms with Gasteiger partial charge in [-0.25, -0.2) is 9.59 Å². The topological polar surface area (TPSA) is 213 Å². The van der Waals surface area contributed by atoms with E-state index in [1.54, 1.807) is 0 Å². The zero-order chi connectivity index (χ0) is 19.8. The molecule has 10 atom stereocenters. The largest absolute Gasteiger partial charge is 0.479 e. The van der Waals surface area contributed by atoms with E-state index in [-0.39, 0.29) is 0 Å². The fraction of sp³-hybridized carbons (Fsp3) is 0.846. The van der Waals surface area contributed by atoms with E-state index in [1.165, 1.54) is 0 Å². The lowest BCUT2D eigenvalue weighted by atomic mass is 9.96. The molecule has 2 rings (SSSR count). The van der Waals surface area contributed by atoms with Gasteiger partial charge in [-0.15, -0.1) is 0 Å². The van der Waals surface area contributed by atoms with E-state index in [4.69, 9.17) is 24.1 Å². The molecule has 0 saturated carbocycles. The molecule has 0 aromatic heterocycles. The molecule has 2 heterocycles. The lowest BCUT2D eigenvalue weighted by Crippen LogP contribution is -2.65. The predicted octanol–water partition coefficient (Wildman–Crippen LogP) is -4.56. The minimum Gasteiger partial charge on any atom is -0.479 e. The minimum atomic E-state index is -1.99. The Hall–Kier alpha value is -1.42. The number of hydrogen-bond donors (Lipinski definition) is 7. The van der Waals surface area contributed by atoms with Gasteiger partial charge >= 0.3 is 11.9 Å². The third-order valence-corrected chi connectivity index (χ3v) is 4.12. The average Bonchev–Trinajstić information content (AvgIpc) is 2.58. The van der Waals surface area contributed by atoms with Crippen molar-refractivity contribution in [3.05, 3.63) is 0 Å². The smallest absolute Gasteiger partial charge is 0.335 e. The third kappa shape index (κ3) is 3.80. The molecule has 150 valence electrons. The fourth-order valence-electron chi connectivity index (χ4n) is 2.70. The van der Waals surface area contributed by atoms with Crippen molar-refractivity contribution < 1.29 is 64.3 Å². The molecular weight excluding hydrogens is 364 g/mol. The van der Waals surface area contributed by atoms with Crippen molar-refractivity contribution >= 4 is 11.9 Å². The van der Waals surface area contributed by atoms with Crippen LogP contribution in [0.5, 0.6) is 0 Å². The maximum atomic E-state index is 11.4. The number of methoxy groups -OCH3 is 1. The number of hydrogen-bond acceptors (Lipinski definition) is 11. The van der Waals surface area contributed by atoms with E-state index in [2.05, 4.69) is 0 Å². The summed E-state index contributed by atoms with van der Waals surface area (Å²) in [5, 5.41) is 67.4. The summed E-state index contributed by atoms with van der Waals surface area (Å²) >= 11 is 0. The van der Waals surface area contributed by atoms with Crippen LogP contribution in [0.25, 0.3) is 0 Å². The van der Waals surface area contributed by atoms with Gasteiger partial charge in [0.25, 0.3) is 0 Å². The van der Waals surface area contributed by atoms with E-state index >= 15 is 0 Å². The van der Waals surface area contributed by atoms with Crippen LogP contribution in [-0.4, -0.2) is 116 Å². The van der Waals surface area contributed by atoms with Gasteiger partial charge in [0.05, 0.1) is 0 Å². The Bertz CT molecular complexity index is 526. The highest BCUT2D eigenvalue weighted by Crippen LogP contribution is 2.29. The van der Waals surface area contributed by atoms with Crippen LogP contribution < -0.4 is 0 Å². The van der Waals surface area contributed by atoms with Gasteiger partial charge in [-0.05, 0) is 0 Å². The summed E-state index contributed by atoms with van der Waals surface area (Å²) in [5.74, 6) is -3.28. The Morgan fingerprint density at radius 1 is 0.731 bits per heavy atom. The Morgan fingerprint density at radius 3 is 1.73 bits per heavy atom. The number of carboxylic acid groups (broad SMARTS) is 2. The number of aliphatic hydroxyl groups is 5. The SMILES string of the molecule is CO[C@@H]1O[C@H](C(=O)O)[C@@H](O[C@@H]2O[C@H](C(=O)O)[C@@H](O)[C@H](O)[C@@H]2O)[C@H](O)[C@@H]1O. The molecule has 2 aliphatic heterocycles. The summed E-state index contributed by atoms with van der Waals surface area (Å²) in [5.41, 5.74) is 0. The standard InChI is InChI=1S/C13H20O13/c1-23-12-6(18)4(16)7(9(26-12)11(21)22)24-13-5(17)2(14)3(15)8(25-13)10(19)20/h2-9,12-18H,1H3,(H,19,20)(H,21,22)/t2-,3-,4+,5-,6-,7-,8-,9-,12+,13+/m0/s1. The lowest BCUT2D eigenvalue weighted by molar-refractivity contribution is -0.348. The molecule has 2 fully saturated rings. The molecule has 0 radical (unpaired) electrons. The third-order valence-electron chi connectivity index (χ3n) is 4.12. The molecule has 0 aromatic carbocycles. The van der Waals surface area contributed by atoms with Crippen molar-refractivity contribution in [2.45, 2.75) is 61.4 Å². The van der Waals surface area contributed by atoms with Crippen LogP contribution in [0.2, 0.25) is 0 Å². The number of aliphatic carboxylic acids is 2. The predicted molar refractivity (Wildman–Crippen MR) is 74.5 cm³/mol. The van der Waals surface area contributed by atoms with Crippen molar-refractivity contribution in [2.24, 2.45) is 0 Å². The molecule has 13 heteroatoms. The Balaban J connectivity index is 2.22. The van der Waals surface area contributed by atoms with Crippen LogP contribution in [0.15, 0.2) is 0 Å². The summed E-state index contributed by atoms with van der Waals surface area (Å²) in [7, 11) is 1.10. The molecule has 0 aromatic rings. The average molecular weight is 384 g/mol. The molecule has 0 spiro atoms. The monoisotopic (exact) mass is 384 g/mol. The number of carboxylic acids is 2. The molecule has 0 amide bonds. The van der Waals surface area contributed by atoms with Crippen molar-refractivity contribution in [2.75, 3.05) is 7.11 Å². The second-order valence-corrected chi connectivity index (χ2v) is 5.82. The number of rotatable bonds is 5. The number of carbonyl (C=O) groups is 2. The summed E-state index contributed by atoms with van der Waals surface area (Å²) < 4.78 is 19.7. The number of aliphatic hydroxyl groups excluding tert-OH is 5. The minimum absolute atomic E-state index is 1.10. The molecule has 0 aliphatic carbocycles. The molecule has 2 saturated heterocycles. The van der Waals surface area contributed by atoms with E-state index in [1.807, 2.05) is 0 Å². The van der Waals surface area contributed by atoms with Gasteiger partial charge in [-0.2, -0.15) is 0 Å². The molecule has 0 bridgehead atoms. The van der Waals surface area contributed by atoms with E-state index in [0.717, 1.165) is 7.11 Å². The van der Waals surface area contributed by atoms with Crippen molar-refractivity contribution in [1.29, 1.82) is 0 Å². The molecule has 26 heavy (non-hydrogen) atoms. The van der Waals surface area contributed by atoms with Gasteiger partial charge in [-0.3, -0.25) is 0 Å². The Morgan fingerprint density at radius 2 is 1.23 bits per heavy atom. The maximum absolute atomic E-state index is 11.4. The van der Waals surface area contributed by atoms with Crippen LogP contribution >= 0.6 is 0 Å². The van der Waals surface area contributed by atoms with Crippen LogP contribution in [0.1, 0.15) is 0 Å². The zero-order valence-electron chi connectivity index (χ0n) is 13.4. The summed E-state index contributed by atoms with van der Waals surface area (Å²) in [6.45, 7) is 0. The first-order valence-electron chi connectivity index (χ1n) is 7.45.